The highest BCUT2D eigenvalue weighted by Crippen LogP contribution is 2.43. The van der Waals surface area contributed by atoms with Crippen molar-refractivity contribution in [2.45, 2.75) is 18.6 Å². The third-order valence-electron chi connectivity index (χ3n) is 3.31. The predicted octanol–water partition coefficient (Wildman–Crippen LogP) is 4.55. The van der Waals surface area contributed by atoms with E-state index in [1.54, 1.807) is 6.07 Å². The van der Waals surface area contributed by atoms with Crippen LogP contribution in [0.4, 0.5) is 0 Å². The molecule has 2 aromatic carbocycles. The quantitative estimate of drug-likeness (QED) is 0.836. The second kappa shape index (κ2) is 5.04. The lowest BCUT2D eigenvalue weighted by molar-refractivity contribution is 0.0658. The Morgan fingerprint density at radius 1 is 1.00 bits per heavy atom. The first-order valence-electron chi connectivity index (χ1n) is 6.04. The van der Waals surface area contributed by atoms with E-state index in [1.165, 1.54) is 0 Å². The minimum absolute atomic E-state index is 0.281. The second-order valence-corrected chi connectivity index (χ2v) is 5.32. The van der Waals surface area contributed by atoms with Gasteiger partial charge in [0.25, 0.3) is 0 Å². The summed E-state index contributed by atoms with van der Waals surface area (Å²) in [6, 6.07) is 12.9. The van der Waals surface area contributed by atoms with Crippen LogP contribution < -0.4 is 4.74 Å². The number of halogens is 2. The van der Waals surface area contributed by atoms with Crippen molar-refractivity contribution in [3.63, 3.8) is 0 Å². The van der Waals surface area contributed by atoms with Gasteiger partial charge in [0.05, 0.1) is 16.1 Å². The van der Waals surface area contributed by atoms with Crippen LogP contribution in [-0.2, 0) is 0 Å². The fourth-order valence-electron chi connectivity index (χ4n) is 2.35. The Hall–Kier alpha value is -1.22. The van der Waals surface area contributed by atoms with Gasteiger partial charge in [0.1, 0.15) is 11.9 Å². The summed E-state index contributed by atoms with van der Waals surface area (Å²) < 4.78 is 5.92. The molecule has 0 saturated heterocycles. The molecule has 98 valence electrons. The normalized spacial score (nSPS) is 21.6. The third kappa shape index (κ3) is 2.32. The summed E-state index contributed by atoms with van der Waals surface area (Å²) in [5.74, 6) is 0.697. The fourth-order valence-corrected chi connectivity index (χ4v) is 2.78. The smallest absolute Gasteiger partial charge is 0.128 e. The van der Waals surface area contributed by atoms with Crippen molar-refractivity contribution in [2.24, 2.45) is 0 Å². The zero-order chi connectivity index (χ0) is 13.4. The summed E-state index contributed by atoms with van der Waals surface area (Å²) >= 11 is 12.2. The second-order valence-electron chi connectivity index (χ2n) is 4.54. The highest BCUT2D eigenvalue weighted by atomic mass is 35.5. The summed E-state index contributed by atoms with van der Waals surface area (Å²) in [5, 5.41) is 11.2. The fraction of sp³-hybridized carbons (Fsp3) is 0.200. The molecule has 2 unspecified atom stereocenters. The number of hydrogen-bond acceptors (Lipinski definition) is 2. The van der Waals surface area contributed by atoms with E-state index in [0.717, 1.165) is 11.1 Å². The predicted molar refractivity (Wildman–Crippen MR) is 75.8 cm³/mol. The molecule has 2 nitrogen and oxygen atoms in total. The number of para-hydroxylation sites is 1. The van der Waals surface area contributed by atoms with E-state index >= 15 is 0 Å². The van der Waals surface area contributed by atoms with Gasteiger partial charge in [0, 0.05) is 17.5 Å². The van der Waals surface area contributed by atoms with Gasteiger partial charge in [-0.1, -0.05) is 53.5 Å². The SMILES string of the molecule is OC1CC(c2cccc(Cl)c2Cl)Oc2ccccc21. The van der Waals surface area contributed by atoms with Crippen molar-refractivity contribution in [2.75, 3.05) is 0 Å². The number of ether oxygens (including phenoxy) is 1. The van der Waals surface area contributed by atoms with E-state index in [2.05, 4.69) is 0 Å². The van der Waals surface area contributed by atoms with Crippen LogP contribution in [0.5, 0.6) is 5.75 Å². The van der Waals surface area contributed by atoms with Gasteiger partial charge in [-0.3, -0.25) is 0 Å². The van der Waals surface area contributed by atoms with Gasteiger partial charge in [-0.2, -0.15) is 0 Å². The van der Waals surface area contributed by atoms with Crippen molar-refractivity contribution in [1.82, 2.24) is 0 Å². The average molecular weight is 295 g/mol. The molecule has 1 N–H and O–H groups in total. The molecule has 19 heavy (non-hydrogen) atoms. The van der Waals surface area contributed by atoms with Crippen molar-refractivity contribution in [1.29, 1.82) is 0 Å². The molecule has 0 fully saturated rings. The summed E-state index contributed by atoms with van der Waals surface area (Å²) in [7, 11) is 0. The molecule has 1 aliphatic heterocycles. The molecule has 0 aromatic heterocycles. The molecule has 0 spiro atoms. The standard InChI is InChI=1S/C15H12Cl2O2/c16-11-6-3-5-10(15(11)17)14-8-12(18)9-4-1-2-7-13(9)19-14/h1-7,12,14,18H,8H2. The van der Waals surface area contributed by atoms with Gasteiger partial charge in [0.2, 0.25) is 0 Å². The lowest BCUT2D eigenvalue weighted by atomic mass is 9.95. The first-order chi connectivity index (χ1) is 9.16. The zero-order valence-electron chi connectivity index (χ0n) is 10.0. The Morgan fingerprint density at radius 3 is 2.58 bits per heavy atom. The number of fused-ring (bicyclic) bond motifs is 1. The van der Waals surface area contributed by atoms with Gasteiger partial charge >= 0.3 is 0 Å². The summed E-state index contributed by atoms with van der Waals surface area (Å²) in [6.07, 6.45) is -0.363. The molecular formula is C15H12Cl2O2. The molecule has 0 saturated carbocycles. The van der Waals surface area contributed by atoms with Crippen molar-refractivity contribution >= 4 is 23.2 Å². The number of hydrogen-bond donors (Lipinski definition) is 1. The minimum atomic E-state index is -0.551. The summed E-state index contributed by atoms with van der Waals surface area (Å²) in [5.41, 5.74) is 1.62. The third-order valence-corrected chi connectivity index (χ3v) is 4.15. The van der Waals surface area contributed by atoms with Crippen LogP contribution in [0.15, 0.2) is 42.5 Å². The molecule has 0 radical (unpaired) electrons. The van der Waals surface area contributed by atoms with E-state index in [9.17, 15) is 5.11 Å². The highest BCUT2D eigenvalue weighted by molar-refractivity contribution is 6.42. The number of rotatable bonds is 1. The molecule has 0 bridgehead atoms. The first-order valence-corrected chi connectivity index (χ1v) is 6.80. The maximum atomic E-state index is 10.2. The lowest BCUT2D eigenvalue weighted by Gasteiger charge is -2.30. The molecule has 0 amide bonds. The molecule has 4 heteroatoms. The molecule has 1 aliphatic rings. The van der Waals surface area contributed by atoms with Crippen molar-refractivity contribution in [3.8, 4) is 5.75 Å². The van der Waals surface area contributed by atoms with Gasteiger partial charge < -0.3 is 9.84 Å². The van der Waals surface area contributed by atoms with E-state index < -0.39 is 6.10 Å². The van der Waals surface area contributed by atoms with E-state index in [1.807, 2.05) is 36.4 Å². The largest absolute Gasteiger partial charge is 0.485 e. The van der Waals surface area contributed by atoms with Crippen LogP contribution in [0, 0.1) is 0 Å². The Kier molecular flexibility index (Phi) is 3.40. The van der Waals surface area contributed by atoms with E-state index in [-0.39, 0.29) is 6.10 Å². The highest BCUT2D eigenvalue weighted by Gasteiger charge is 2.29. The minimum Gasteiger partial charge on any atom is -0.485 e. The maximum Gasteiger partial charge on any atom is 0.128 e. The van der Waals surface area contributed by atoms with Crippen LogP contribution in [-0.4, -0.2) is 5.11 Å². The van der Waals surface area contributed by atoms with Crippen LogP contribution in [0.1, 0.15) is 29.8 Å². The van der Waals surface area contributed by atoms with Crippen LogP contribution >= 0.6 is 23.2 Å². The van der Waals surface area contributed by atoms with Gasteiger partial charge in [-0.25, -0.2) is 0 Å². The Balaban J connectivity index is 1.99. The van der Waals surface area contributed by atoms with Crippen molar-refractivity contribution < 1.29 is 9.84 Å². The Morgan fingerprint density at radius 2 is 1.74 bits per heavy atom. The van der Waals surface area contributed by atoms with E-state index in [0.29, 0.717) is 22.2 Å². The number of benzene rings is 2. The summed E-state index contributed by atoms with van der Waals surface area (Å²) in [6.45, 7) is 0. The first kappa shape index (κ1) is 12.8. The van der Waals surface area contributed by atoms with Gasteiger partial charge in [-0.05, 0) is 12.1 Å². The van der Waals surface area contributed by atoms with Crippen LogP contribution in [0.25, 0.3) is 0 Å². The van der Waals surface area contributed by atoms with Gasteiger partial charge in [0.15, 0.2) is 0 Å². The number of aliphatic hydroxyl groups excluding tert-OH is 1. The Bertz CT molecular complexity index is 613. The molecular weight excluding hydrogens is 283 g/mol. The lowest BCUT2D eigenvalue weighted by Crippen LogP contribution is -2.19. The maximum absolute atomic E-state index is 10.2. The topological polar surface area (TPSA) is 29.5 Å². The molecule has 2 aromatic rings. The van der Waals surface area contributed by atoms with Crippen molar-refractivity contribution in [3.05, 3.63) is 63.6 Å². The van der Waals surface area contributed by atoms with Crippen LogP contribution in [0.2, 0.25) is 10.0 Å². The number of aliphatic hydroxyl groups is 1. The molecule has 1 heterocycles. The zero-order valence-corrected chi connectivity index (χ0v) is 11.5. The monoisotopic (exact) mass is 294 g/mol. The summed E-state index contributed by atoms with van der Waals surface area (Å²) in [4.78, 5) is 0. The van der Waals surface area contributed by atoms with Gasteiger partial charge in [-0.15, -0.1) is 0 Å². The van der Waals surface area contributed by atoms with E-state index in [4.69, 9.17) is 27.9 Å². The average Bonchev–Trinajstić information content (AvgIpc) is 2.42. The molecule has 2 atom stereocenters. The molecule has 0 aliphatic carbocycles. The molecule has 3 rings (SSSR count). The Labute approximate surface area is 121 Å². The van der Waals surface area contributed by atoms with Crippen LogP contribution in [0.3, 0.4) is 0 Å².